The number of aromatic nitrogens is 1. The second-order valence-corrected chi connectivity index (χ2v) is 5.59. The Balaban J connectivity index is 1.85. The Hall–Kier alpha value is -4.00. The van der Waals surface area contributed by atoms with Crippen molar-refractivity contribution in [2.45, 2.75) is 0 Å². The Labute approximate surface area is 155 Å². The molecule has 0 aliphatic carbocycles. The molecule has 7 nitrogen and oxygen atoms in total. The van der Waals surface area contributed by atoms with Crippen LogP contribution in [0.3, 0.4) is 0 Å². The van der Waals surface area contributed by atoms with Crippen LogP contribution in [0.1, 0.15) is 10.4 Å². The number of benzene rings is 2. The van der Waals surface area contributed by atoms with E-state index in [1.807, 2.05) is 0 Å². The monoisotopic (exact) mass is 360 g/mol. The summed E-state index contributed by atoms with van der Waals surface area (Å²) in [6.45, 7) is 0. The van der Waals surface area contributed by atoms with Gasteiger partial charge in [-0.25, -0.2) is 0 Å². The Kier molecular flexibility index (Phi) is 5.22. The molecule has 3 aromatic rings. The van der Waals surface area contributed by atoms with Crippen molar-refractivity contribution >= 4 is 40.9 Å². The lowest BCUT2D eigenvalue weighted by Gasteiger charge is -2.20. The van der Waals surface area contributed by atoms with Crippen LogP contribution in [0.4, 0.5) is 22.7 Å². The molecular formula is C20H16N4O3. The van der Waals surface area contributed by atoms with Gasteiger partial charge in [0, 0.05) is 17.4 Å². The zero-order chi connectivity index (χ0) is 19.2. The number of para-hydroxylation sites is 2. The molecule has 0 aliphatic rings. The predicted octanol–water partition coefficient (Wildman–Crippen LogP) is 2.78. The number of anilines is 4. The van der Waals surface area contributed by atoms with Crippen LogP contribution in [-0.2, 0) is 9.59 Å². The van der Waals surface area contributed by atoms with Crippen LogP contribution < -0.4 is 16.0 Å². The molecule has 0 spiro atoms. The molecule has 0 saturated carbocycles. The Bertz CT molecular complexity index is 972. The highest BCUT2D eigenvalue weighted by molar-refractivity contribution is 6.32. The zero-order valence-corrected chi connectivity index (χ0v) is 14.2. The second-order valence-electron chi connectivity index (χ2n) is 5.59. The number of pyridine rings is 1. The summed E-state index contributed by atoms with van der Waals surface area (Å²) in [5.74, 6) is -1.08. The molecule has 0 atom stereocenters. The van der Waals surface area contributed by atoms with Gasteiger partial charge in [-0.05, 0) is 48.5 Å². The molecule has 0 radical (unpaired) electrons. The summed E-state index contributed by atoms with van der Waals surface area (Å²) in [7, 11) is 0. The lowest BCUT2D eigenvalue weighted by atomic mass is 10.1. The summed E-state index contributed by atoms with van der Waals surface area (Å²) >= 11 is 0. The first-order valence-electron chi connectivity index (χ1n) is 8.05. The van der Waals surface area contributed by atoms with Crippen molar-refractivity contribution in [1.29, 1.82) is 0 Å². The maximum atomic E-state index is 12.4. The van der Waals surface area contributed by atoms with E-state index >= 15 is 0 Å². The average Bonchev–Trinajstić information content (AvgIpc) is 2.71. The van der Waals surface area contributed by atoms with Gasteiger partial charge >= 0.3 is 0 Å². The SMILES string of the molecule is Nc1ccccc1NC(=O)c1ccc(N(C(=O)C=O)c2cccnc2)cc1. The summed E-state index contributed by atoms with van der Waals surface area (Å²) < 4.78 is 0. The van der Waals surface area contributed by atoms with Crippen molar-refractivity contribution in [3.05, 3.63) is 78.6 Å². The number of carbonyl (C=O) groups is 3. The Morgan fingerprint density at radius 2 is 1.70 bits per heavy atom. The van der Waals surface area contributed by atoms with Gasteiger partial charge < -0.3 is 11.1 Å². The topological polar surface area (TPSA) is 105 Å². The van der Waals surface area contributed by atoms with E-state index in [2.05, 4.69) is 10.3 Å². The van der Waals surface area contributed by atoms with Crippen molar-refractivity contribution in [2.75, 3.05) is 16.0 Å². The van der Waals surface area contributed by atoms with Crippen LogP contribution in [0.2, 0.25) is 0 Å². The minimum atomic E-state index is -0.739. The number of nitrogens with one attached hydrogen (secondary N) is 1. The normalized spacial score (nSPS) is 10.1. The van der Waals surface area contributed by atoms with E-state index in [4.69, 9.17) is 5.73 Å². The number of hydrogen-bond acceptors (Lipinski definition) is 5. The quantitative estimate of drug-likeness (QED) is 0.413. The predicted molar refractivity (Wildman–Crippen MR) is 103 cm³/mol. The van der Waals surface area contributed by atoms with Gasteiger partial charge in [-0.1, -0.05) is 12.1 Å². The molecule has 0 unspecified atom stereocenters. The molecule has 3 rings (SSSR count). The highest BCUT2D eigenvalue weighted by atomic mass is 16.2. The molecule has 2 aromatic carbocycles. The number of aldehydes is 1. The lowest BCUT2D eigenvalue weighted by Crippen LogP contribution is -2.26. The largest absolute Gasteiger partial charge is 0.397 e. The van der Waals surface area contributed by atoms with Gasteiger partial charge in [0.05, 0.1) is 23.3 Å². The van der Waals surface area contributed by atoms with Crippen LogP contribution in [0.5, 0.6) is 0 Å². The molecule has 3 N–H and O–H groups in total. The fourth-order valence-corrected chi connectivity index (χ4v) is 2.51. The van der Waals surface area contributed by atoms with E-state index in [-0.39, 0.29) is 12.2 Å². The molecule has 2 amide bonds. The third-order valence-corrected chi connectivity index (χ3v) is 3.82. The number of amides is 2. The summed E-state index contributed by atoms with van der Waals surface area (Å²) in [6.07, 6.45) is 3.27. The van der Waals surface area contributed by atoms with E-state index in [0.29, 0.717) is 28.3 Å². The molecule has 0 bridgehead atoms. The van der Waals surface area contributed by atoms with Gasteiger partial charge in [0.15, 0.2) is 0 Å². The maximum Gasteiger partial charge on any atom is 0.295 e. The Morgan fingerprint density at radius 3 is 2.33 bits per heavy atom. The fraction of sp³-hybridized carbons (Fsp3) is 0. The molecule has 0 aliphatic heterocycles. The maximum absolute atomic E-state index is 12.4. The number of carbonyl (C=O) groups excluding carboxylic acids is 3. The van der Waals surface area contributed by atoms with E-state index in [0.717, 1.165) is 0 Å². The average molecular weight is 360 g/mol. The first-order valence-corrected chi connectivity index (χ1v) is 8.05. The number of nitrogen functional groups attached to an aromatic ring is 1. The fourth-order valence-electron chi connectivity index (χ4n) is 2.51. The number of nitrogens with zero attached hydrogens (tertiary/aromatic N) is 2. The van der Waals surface area contributed by atoms with Crippen molar-refractivity contribution in [3.63, 3.8) is 0 Å². The molecule has 0 fully saturated rings. The molecule has 7 heteroatoms. The summed E-state index contributed by atoms with van der Waals surface area (Å²) in [5, 5.41) is 2.73. The van der Waals surface area contributed by atoms with Crippen molar-refractivity contribution in [2.24, 2.45) is 0 Å². The van der Waals surface area contributed by atoms with E-state index in [1.165, 1.54) is 11.1 Å². The molecule has 0 saturated heterocycles. The van der Waals surface area contributed by atoms with Gasteiger partial charge in [-0.15, -0.1) is 0 Å². The first-order chi connectivity index (χ1) is 13.1. The third-order valence-electron chi connectivity index (χ3n) is 3.82. The number of rotatable bonds is 5. The van der Waals surface area contributed by atoms with Crippen molar-refractivity contribution in [3.8, 4) is 0 Å². The number of nitrogens with two attached hydrogens (primary N) is 1. The van der Waals surface area contributed by atoms with Gasteiger partial charge in [-0.3, -0.25) is 24.3 Å². The van der Waals surface area contributed by atoms with Gasteiger partial charge in [0.25, 0.3) is 11.8 Å². The van der Waals surface area contributed by atoms with E-state index < -0.39 is 5.91 Å². The van der Waals surface area contributed by atoms with Crippen LogP contribution in [-0.4, -0.2) is 23.1 Å². The molecule has 1 aromatic heterocycles. The standard InChI is InChI=1S/C20H16N4O3/c21-17-5-1-2-6-18(17)23-20(27)14-7-9-15(10-8-14)24(19(26)13-25)16-4-3-11-22-12-16/h1-13H,21H2,(H,23,27). The van der Waals surface area contributed by atoms with Crippen LogP contribution in [0.25, 0.3) is 0 Å². The van der Waals surface area contributed by atoms with Crippen LogP contribution in [0.15, 0.2) is 73.1 Å². The minimum Gasteiger partial charge on any atom is -0.397 e. The molecule has 1 heterocycles. The van der Waals surface area contributed by atoms with E-state index in [9.17, 15) is 14.4 Å². The second kappa shape index (κ2) is 7.92. The van der Waals surface area contributed by atoms with Gasteiger partial charge in [0.1, 0.15) is 0 Å². The molecular weight excluding hydrogens is 344 g/mol. The van der Waals surface area contributed by atoms with Crippen LogP contribution in [0, 0.1) is 0 Å². The summed E-state index contributed by atoms with van der Waals surface area (Å²) in [6, 6.07) is 16.5. The number of hydrogen-bond donors (Lipinski definition) is 2. The smallest absolute Gasteiger partial charge is 0.295 e. The van der Waals surface area contributed by atoms with E-state index in [1.54, 1.807) is 66.9 Å². The summed E-state index contributed by atoms with van der Waals surface area (Å²) in [5.41, 5.74) is 8.07. The van der Waals surface area contributed by atoms with Crippen molar-refractivity contribution < 1.29 is 14.4 Å². The first kappa shape index (κ1) is 17.8. The lowest BCUT2D eigenvalue weighted by molar-refractivity contribution is -0.129. The van der Waals surface area contributed by atoms with Crippen LogP contribution >= 0.6 is 0 Å². The molecule has 134 valence electrons. The van der Waals surface area contributed by atoms with Crippen molar-refractivity contribution in [1.82, 2.24) is 4.98 Å². The zero-order valence-electron chi connectivity index (χ0n) is 14.2. The highest BCUT2D eigenvalue weighted by Crippen LogP contribution is 2.25. The Morgan fingerprint density at radius 1 is 0.963 bits per heavy atom. The minimum absolute atomic E-state index is 0.228. The highest BCUT2D eigenvalue weighted by Gasteiger charge is 2.18. The molecule has 27 heavy (non-hydrogen) atoms. The van der Waals surface area contributed by atoms with Gasteiger partial charge in [0.2, 0.25) is 6.29 Å². The summed E-state index contributed by atoms with van der Waals surface area (Å²) in [4.78, 5) is 40.6. The van der Waals surface area contributed by atoms with Gasteiger partial charge in [-0.2, -0.15) is 0 Å². The third kappa shape index (κ3) is 3.98.